The van der Waals surface area contributed by atoms with Crippen molar-refractivity contribution in [2.24, 2.45) is 16.7 Å². The molecule has 0 fully saturated rings. The van der Waals surface area contributed by atoms with Crippen LogP contribution < -0.4 is 0 Å². The molecule has 0 spiro atoms. The third-order valence-corrected chi connectivity index (χ3v) is 3.39. The summed E-state index contributed by atoms with van der Waals surface area (Å²) in [5.41, 5.74) is 0.184. The van der Waals surface area contributed by atoms with Gasteiger partial charge < -0.3 is 0 Å². The number of hydrogen-bond donors (Lipinski definition) is 0. The second kappa shape index (κ2) is 4.95. The molecule has 0 heterocycles. The molecule has 0 N–H and O–H groups in total. The molecule has 1 atom stereocenters. The van der Waals surface area contributed by atoms with Crippen LogP contribution in [0.4, 0.5) is 0 Å². The Balaban J connectivity index is 4.67. The van der Waals surface area contributed by atoms with Crippen molar-refractivity contribution in [2.45, 2.75) is 48.0 Å². The molecule has 0 aliphatic rings. The van der Waals surface area contributed by atoms with Crippen LogP contribution >= 0.6 is 0 Å². The number of carbonyl (C=O) groups is 1. The van der Waals surface area contributed by atoms with E-state index in [9.17, 15) is 4.79 Å². The number of carbonyl (C=O) groups excluding carboxylic acids is 1. The maximum absolute atomic E-state index is 11.7. The maximum atomic E-state index is 11.7. The molecule has 0 aromatic heterocycles. The molecule has 3 heteroatoms. The number of rotatable bonds is 2. The first-order valence-electron chi connectivity index (χ1n) is 5.04. The Morgan fingerprint density at radius 1 is 1.21 bits per heavy atom. The van der Waals surface area contributed by atoms with Gasteiger partial charge in [0.2, 0.25) is 0 Å². The van der Waals surface area contributed by atoms with Crippen LogP contribution in [0.3, 0.4) is 0 Å². The quantitative estimate of drug-likeness (QED) is 0.683. The Morgan fingerprint density at radius 3 is 1.86 bits per heavy atom. The zero-order valence-corrected chi connectivity index (χ0v) is 15.8. The normalized spacial score (nSPS) is 15.1. The summed E-state index contributed by atoms with van der Waals surface area (Å²) in [5.74, 6) is 0.0239. The summed E-state index contributed by atoms with van der Waals surface area (Å²) in [5, 5.41) is 0. The fourth-order valence-corrected chi connectivity index (χ4v) is 2.24. The second-order valence-corrected chi connectivity index (χ2v) is 7.27. The minimum atomic E-state index is -0.00393. The predicted octanol–water partition coefficient (Wildman–Crippen LogP) is 3.09. The molecule has 0 radical (unpaired) electrons. The SMILES string of the molecule is CC(C)(C)CC(C(=O)[O][Hg])C(C)(C)C. The molecular weight excluding hydrogens is 365 g/mol. The fourth-order valence-electron chi connectivity index (χ4n) is 1.46. The van der Waals surface area contributed by atoms with Crippen LogP contribution in [0, 0.1) is 16.7 Å². The third kappa shape index (κ3) is 5.33. The second-order valence-electron chi connectivity index (χ2n) is 6.15. The van der Waals surface area contributed by atoms with Crippen LogP contribution in [-0.4, -0.2) is 5.97 Å². The topological polar surface area (TPSA) is 26.3 Å². The first kappa shape index (κ1) is 14.4. The summed E-state index contributed by atoms with van der Waals surface area (Å²) in [7, 11) is 0. The fraction of sp³-hybridized carbons (Fsp3) is 0.909. The average Bonchev–Trinajstić information content (AvgIpc) is 1.95. The van der Waals surface area contributed by atoms with Gasteiger partial charge in [-0.3, -0.25) is 0 Å². The summed E-state index contributed by atoms with van der Waals surface area (Å²) in [6.07, 6.45) is 0.895. The van der Waals surface area contributed by atoms with Gasteiger partial charge in [0.15, 0.2) is 0 Å². The van der Waals surface area contributed by atoms with E-state index in [0.717, 1.165) is 6.42 Å². The summed E-state index contributed by atoms with van der Waals surface area (Å²) in [4.78, 5) is 11.7. The van der Waals surface area contributed by atoms with Gasteiger partial charge in [-0.1, -0.05) is 0 Å². The molecule has 0 aromatic rings. The van der Waals surface area contributed by atoms with E-state index >= 15 is 0 Å². The van der Waals surface area contributed by atoms with Crippen LogP contribution in [0.5, 0.6) is 0 Å². The Morgan fingerprint density at radius 2 is 1.64 bits per heavy atom. The van der Waals surface area contributed by atoms with Gasteiger partial charge in [0, 0.05) is 0 Å². The van der Waals surface area contributed by atoms with Crippen molar-refractivity contribution < 1.29 is 34.0 Å². The van der Waals surface area contributed by atoms with E-state index in [0.29, 0.717) is 0 Å². The monoisotopic (exact) mass is 387 g/mol. The average molecular weight is 386 g/mol. The van der Waals surface area contributed by atoms with Gasteiger partial charge in [-0.15, -0.1) is 0 Å². The molecule has 0 saturated carbocycles. The zero-order valence-electron chi connectivity index (χ0n) is 10.3. The molecule has 2 nitrogen and oxygen atoms in total. The molecule has 0 aliphatic heterocycles. The van der Waals surface area contributed by atoms with E-state index in [1.165, 1.54) is 0 Å². The van der Waals surface area contributed by atoms with E-state index in [1.807, 2.05) is 0 Å². The van der Waals surface area contributed by atoms with Gasteiger partial charge in [0.05, 0.1) is 0 Å². The van der Waals surface area contributed by atoms with Crippen LogP contribution in [-0.2, 0) is 34.0 Å². The van der Waals surface area contributed by atoms with Gasteiger partial charge >= 0.3 is 105 Å². The van der Waals surface area contributed by atoms with E-state index in [2.05, 4.69) is 41.5 Å². The van der Waals surface area contributed by atoms with Crippen molar-refractivity contribution >= 4 is 5.97 Å². The molecular formula is C11H21HgO2. The summed E-state index contributed by atoms with van der Waals surface area (Å²) < 4.78 is 5.04. The molecule has 0 bridgehead atoms. The van der Waals surface area contributed by atoms with Gasteiger partial charge in [-0.05, 0) is 0 Å². The summed E-state index contributed by atoms with van der Waals surface area (Å²) in [6.45, 7) is 12.8. The first-order chi connectivity index (χ1) is 6.08. The van der Waals surface area contributed by atoms with Crippen LogP contribution in [0.1, 0.15) is 48.0 Å². The van der Waals surface area contributed by atoms with Crippen molar-refractivity contribution in [3.05, 3.63) is 0 Å². The molecule has 0 amide bonds. The zero-order chi connectivity index (χ0) is 11.6. The van der Waals surface area contributed by atoms with Crippen molar-refractivity contribution in [2.75, 3.05) is 0 Å². The van der Waals surface area contributed by atoms with Crippen molar-refractivity contribution in [1.82, 2.24) is 0 Å². The van der Waals surface area contributed by atoms with Crippen LogP contribution in [0.15, 0.2) is 0 Å². The number of hydrogen-bond acceptors (Lipinski definition) is 2. The Bertz CT molecular complexity index is 198. The van der Waals surface area contributed by atoms with Gasteiger partial charge in [-0.2, -0.15) is 0 Å². The van der Waals surface area contributed by atoms with Gasteiger partial charge in [0.1, 0.15) is 0 Å². The minimum absolute atomic E-state index is 0.00370. The Labute approximate surface area is 104 Å². The van der Waals surface area contributed by atoms with Crippen LogP contribution in [0.2, 0.25) is 0 Å². The van der Waals surface area contributed by atoms with E-state index in [-0.39, 0.29) is 49.3 Å². The predicted molar refractivity (Wildman–Crippen MR) is 53.1 cm³/mol. The molecule has 1 unspecified atom stereocenters. The van der Waals surface area contributed by atoms with E-state index in [4.69, 9.17) is 2.64 Å². The molecule has 0 saturated heterocycles. The molecule has 0 rings (SSSR count). The van der Waals surface area contributed by atoms with Crippen molar-refractivity contribution in [1.29, 1.82) is 0 Å². The summed E-state index contributed by atoms with van der Waals surface area (Å²) in [6, 6.07) is 0. The molecule has 0 aromatic carbocycles. The Hall–Kier alpha value is 0.405. The van der Waals surface area contributed by atoms with Crippen molar-refractivity contribution in [3.63, 3.8) is 0 Å². The van der Waals surface area contributed by atoms with E-state index in [1.54, 1.807) is 0 Å². The van der Waals surface area contributed by atoms with Gasteiger partial charge in [0.25, 0.3) is 0 Å². The molecule has 79 valence electrons. The van der Waals surface area contributed by atoms with E-state index < -0.39 is 0 Å². The van der Waals surface area contributed by atoms with Crippen molar-refractivity contribution in [3.8, 4) is 0 Å². The Kier molecular flexibility index (Phi) is 5.10. The first-order valence-corrected chi connectivity index (χ1v) is 7.28. The molecule has 14 heavy (non-hydrogen) atoms. The summed E-state index contributed by atoms with van der Waals surface area (Å²) >= 11 is 0.110. The molecule has 0 aliphatic carbocycles. The van der Waals surface area contributed by atoms with Crippen LogP contribution in [0.25, 0.3) is 0 Å². The third-order valence-electron chi connectivity index (χ3n) is 2.29. The standard InChI is InChI=1S/C11H22O2.Hg/c1-10(2,3)7-8(9(12)13)11(4,5)6;/h8H,7H2,1-6H3,(H,12,13);/q;+1/p-1. The van der Waals surface area contributed by atoms with Gasteiger partial charge in [-0.25, -0.2) is 0 Å².